The van der Waals surface area contributed by atoms with Crippen molar-refractivity contribution in [2.75, 3.05) is 120 Å². The van der Waals surface area contributed by atoms with E-state index in [9.17, 15) is 14.4 Å². The van der Waals surface area contributed by atoms with Crippen LogP contribution in [0.15, 0.2) is 134 Å². The number of fused-ring (bicyclic) bond motifs is 2. The van der Waals surface area contributed by atoms with Gasteiger partial charge in [0.2, 0.25) is 11.9 Å². The third kappa shape index (κ3) is 12.8. The summed E-state index contributed by atoms with van der Waals surface area (Å²) in [5.74, 6) is 4.67. The Hall–Kier alpha value is -8.83. The maximum Gasteiger partial charge on any atom is 0.260 e. The number of benzene rings is 6. The summed E-state index contributed by atoms with van der Waals surface area (Å²) in [5.41, 5.74) is 8.42. The Balaban J connectivity index is 0.716. The molecule has 2 N–H and O–H groups in total. The SMILES string of the molecule is CCOc1cc(N2CCC(C(=O)N3CCC(COc4ccc(-c5ccc(NC(=O)c6ccc(OC)c(-c7cccc(OC)c7)c6)cc5)c(OCCCN(C)C)c4)CC3)CC2)ccc1Nc1ncc2c(n1)N(C)c1ccccc1C(=O)N2C. The fourth-order valence-electron chi connectivity index (χ4n) is 11.0. The number of nitrogens with zero attached hydrogens (tertiary/aromatic N) is 7. The summed E-state index contributed by atoms with van der Waals surface area (Å²) >= 11 is 0. The monoisotopic (exact) mass is 1110 g/mol. The van der Waals surface area contributed by atoms with Crippen molar-refractivity contribution >= 4 is 57.9 Å². The van der Waals surface area contributed by atoms with Crippen LogP contribution in [0.3, 0.4) is 0 Å². The lowest BCUT2D eigenvalue weighted by Gasteiger charge is -2.38. The lowest BCUT2D eigenvalue weighted by Crippen LogP contribution is -2.46. The maximum atomic E-state index is 14.0. The molecule has 0 atom stereocenters. The molecule has 10 rings (SSSR count). The first-order chi connectivity index (χ1) is 39.9. The Morgan fingerprint density at radius 1 is 0.683 bits per heavy atom. The van der Waals surface area contributed by atoms with Crippen molar-refractivity contribution in [2.45, 2.75) is 39.0 Å². The van der Waals surface area contributed by atoms with Crippen LogP contribution in [0.5, 0.6) is 28.7 Å². The van der Waals surface area contributed by atoms with Crippen molar-refractivity contribution in [2.24, 2.45) is 11.8 Å². The zero-order valence-electron chi connectivity index (χ0n) is 47.9. The molecule has 0 aliphatic carbocycles. The number of carbonyl (C=O) groups excluding carboxylic acids is 3. The summed E-state index contributed by atoms with van der Waals surface area (Å²) in [6.45, 7) is 7.37. The quantitative estimate of drug-likeness (QED) is 0.0693. The zero-order chi connectivity index (χ0) is 57.3. The molecule has 2 fully saturated rings. The Morgan fingerprint density at radius 3 is 2.23 bits per heavy atom. The number of amides is 3. The van der Waals surface area contributed by atoms with Crippen LogP contribution in [-0.2, 0) is 4.79 Å². The van der Waals surface area contributed by atoms with Gasteiger partial charge in [0, 0.05) is 92.9 Å². The molecule has 17 heteroatoms. The molecule has 0 unspecified atom stereocenters. The van der Waals surface area contributed by atoms with Gasteiger partial charge in [-0.3, -0.25) is 14.4 Å². The molecule has 0 radical (unpaired) electrons. The number of para-hydroxylation sites is 1. The Labute approximate surface area is 480 Å². The number of rotatable bonds is 20. The van der Waals surface area contributed by atoms with E-state index in [4.69, 9.17) is 28.7 Å². The second-order valence-electron chi connectivity index (χ2n) is 21.3. The fraction of sp³-hybridized carbons (Fsp3) is 0.338. The number of hydrogen-bond donors (Lipinski definition) is 2. The van der Waals surface area contributed by atoms with Gasteiger partial charge in [0.1, 0.15) is 34.4 Å². The van der Waals surface area contributed by atoms with Crippen LogP contribution in [0, 0.1) is 11.8 Å². The molecule has 0 saturated carbocycles. The normalized spacial score (nSPS) is 14.7. The first-order valence-electron chi connectivity index (χ1n) is 28.2. The van der Waals surface area contributed by atoms with Crippen molar-refractivity contribution in [3.8, 4) is 51.0 Å². The van der Waals surface area contributed by atoms with Crippen LogP contribution < -0.4 is 49.0 Å². The number of likely N-dealkylation sites (tertiary alicyclic amines) is 1. The van der Waals surface area contributed by atoms with Crippen LogP contribution in [0.1, 0.15) is 59.7 Å². The van der Waals surface area contributed by atoms with Gasteiger partial charge in [-0.25, -0.2) is 4.98 Å². The molecular weight excluding hydrogens is 1030 g/mol. The van der Waals surface area contributed by atoms with Crippen molar-refractivity contribution in [1.82, 2.24) is 19.8 Å². The summed E-state index contributed by atoms with van der Waals surface area (Å²) < 4.78 is 30.1. The number of nitrogens with one attached hydrogen (secondary N) is 2. The van der Waals surface area contributed by atoms with Gasteiger partial charge in [-0.15, -0.1) is 0 Å². The summed E-state index contributed by atoms with van der Waals surface area (Å²) in [7, 11) is 11.0. The Bertz CT molecular complexity index is 3390. The number of hydrogen-bond acceptors (Lipinski definition) is 14. The molecule has 0 spiro atoms. The predicted octanol–water partition coefficient (Wildman–Crippen LogP) is 11.4. The van der Waals surface area contributed by atoms with Gasteiger partial charge in [0.05, 0.1) is 57.2 Å². The molecule has 82 heavy (non-hydrogen) atoms. The fourth-order valence-corrected chi connectivity index (χ4v) is 11.0. The highest BCUT2D eigenvalue weighted by atomic mass is 16.5. The van der Waals surface area contributed by atoms with Crippen molar-refractivity contribution in [1.29, 1.82) is 0 Å². The topological polar surface area (TPSA) is 163 Å². The summed E-state index contributed by atoms with van der Waals surface area (Å²) in [6.07, 6.45) is 5.83. The van der Waals surface area contributed by atoms with E-state index in [0.29, 0.717) is 90.3 Å². The van der Waals surface area contributed by atoms with E-state index >= 15 is 0 Å². The minimum absolute atomic E-state index is 0.0235. The van der Waals surface area contributed by atoms with E-state index in [1.165, 1.54) is 0 Å². The Morgan fingerprint density at radius 2 is 1.48 bits per heavy atom. The molecule has 4 heterocycles. The number of aromatic nitrogens is 2. The predicted molar refractivity (Wildman–Crippen MR) is 323 cm³/mol. The second kappa shape index (κ2) is 25.7. The van der Waals surface area contributed by atoms with E-state index in [1.807, 2.05) is 128 Å². The summed E-state index contributed by atoms with van der Waals surface area (Å²) in [4.78, 5) is 60.4. The molecule has 2 saturated heterocycles. The van der Waals surface area contributed by atoms with E-state index < -0.39 is 0 Å². The average molecular weight is 1110 g/mol. The van der Waals surface area contributed by atoms with Crippen LogP contribution in [0.4, 0.5) is 40.2 Å². The largest absolute Gasteiger partial charge is 0.497 e. The number of carbonyl (C=O) groups is 3. The molecule has 0 bridgehead atoms. The van der Waals surface area contributed by atoms with Crippen molar-refractivity contribution < 1.29 is 38.1 Å². The lowest BCUT2D eigenvalue weighted by atomic mass is 9.92. The van der Waals surface area contributed by atoms with Gasteiger partial charge in [-0.2, -0.15) is 4.98 Å². The number of piperidine rings is 2. The third-order valence-electron chi connectivity index (χ3n) is 15.6. The Kier molecular flexibility index (Phi) is 17.7. The molecular formula is C65H73N9O8. The minimum Gasteiger partial charge on any atom is -0.497 e. The highest BCUT2D eigenvalue weighted by molar-refractivity contribution is 6.13. The molecule has 6 aromatic carbocycles. The van der Waals surface area contributed by atoms with Crippen molar-refractivity contribution in [3.05, 3.63) is 145 Å². The summed E-state index contributed by atoms with van der Waals surface area (Å²) in [6, 6.07) is 40.4. The van der Waals surface area contributed by atoms with Gasteiger partial charge in [0.15, 0.2) is 5.82 Å². The van der Waals surface area contributed by atoms with Crippen molar-refractivity contribution in [3.63, 3.8) is 0 Å². The number of anilines is 7. The summed E-state index contributed by atoms with van der Waals surface area (Å²) in [5, 5.41) is 6.43. The molecule has 7 aromatic rings. The molecule has 1 aromatic heterocycles. The molecule has 3 aliphatic heterocycles. The molecule has 3 aliphatic rings. The highest BCUT2D eigenvalue weighted by Gasteiger charge is 2.33. The standard InChI is InChI=1S/C65H73N9O8/c1-8-80-60-39-49(22-25-55(60)68-65-66-41-57-61(69-65)71(4)56-16-10-9-15-53(56)64(77)72(57)5)73-34-29-45(30-35-73)63(76)74-32-27-43(28-33-74)42-82-51-23-24-52(59(40-51)81-36-12-31-70(2)3)44-17-20-48(21-18-44)67-62(75)47-19-26-58(79-7)54(38-47)46-13-11-14-50(37-46)78-6/h9-11,13-26,37-41,43,45H,8,12,27-36,42H2,1-7H3,(H,67,75)(H,66,68,69). The van der Waals surface area contributed by atoms with E-state index in [0.717, 1.165) is 103 Å². The van der Waals surface area contributed by atoms with Crippen LogP contribution >= 0.6 is 0 Å². The molecule has 3 amide bonds. The maximum absolute atomic E-state index is 14.0. The van der Waals surface area contributed by atoms with Crippen LogP contribution in [-0.4, -0.2) is 132 Å². The minimum atomic E-state index is -0.239. The van der Waals surface area contributed by atoms with Gasteiger partial charge >= 0.3 is 0 Å². The lowest BCUT2D eigenvalue weighted by molar-refractivity contribution is -0.137. The van der Waals surface area contributed by atoms with E-state index in [2.05, 4.69) is 50.5 Å². The first-order valence-corrected chi connectivity index (χ1v) is 28.2. The number of methoxy groups -OCH3 is 2. The zero-order valence-corrected chi connectivity index (χ0v) is 47.9. The third-order valence-corrected chi connectivity index (χ3v) is 15.6. The van der Waals surface area contributed by atoms with Gasteiger partial charge in [-0.05, 0) is 149 Å². The molecule has 426 valence electrons. The van der Waals surface area contributed by atoms with Gasteiger partial charge in [0.25, 0.3) is 11.8 Å². The van der Waals surface area contributed by atoms with Gasteiger partial charge < -0.3 is 58.8 Å². The number of ether oxygens (including phenoxy) is 5. The van der Waals surface area contributed by atoms with E-state index in [1.54, 1.807) is 44.5 Å². The van der Waals surface area contributed by atoms with E-state index in [-0.39, 0.29) is 23.6 Å². The molecule has 17 nitrogen and oxygen atoms in total. The first kappa shape index (κ1) is 56.4. The highest BCUT2D eigenvalue weighted by Crippen LogP contribution is 2.41. The van der Waals surface area contributed by atoms with Crippen LogP contribution in [0.25, 0.3) is 22.3 Å². The average Bonchev–Trinajstić information content (AvgIpc) is 3.86. The smallest absolute Gasteiger partial charge is 0.260 e. The second-order valence-corrected chi connectivity index (χ2v) is 21.3. The van der Waals surface area contributed by atoms with Crippen LogP contribution in [0.2, 0.25) is 0 Å². The van der Waals surface area contributed by atoms with Gasteiger partial charge in [-0.1, -0.05) is 36.4 Å².